The largest absolute Gasteiger partial charge is 0.481 e. The van der Waals surface area contributed by atoms with Gasteiger partial charge in [-0.2, -0.15) is 0 Å². The zero-order valence-corrected chi connectivity index (χ0v) is 22.4. The van der Waals surface area contributed by atoms with Gasteiger partial charge in [-0.25, -0.2) is 8.78 Å². The Bertz CT molecular complexity index is 935. The molecule has 1 aromatic carbocycles. The van der Waals surface area contributed by atoms with E-state index in [1.807, 2.05) is 11.8 Å². The van der Waals surface area contributed by atoms with E-state index in [-0.39, 0.29) is 41.4 Å². The summed E-state index contributed by atoms with van der Waals surface area (Å²) in [5.41, 5.74) is 0.148. The Balaban J connectivity index is 1.38. The SMILES string of the molecule is C[C@H]1CN(Cc2c(Cl)cccc2C(F)F)C(CC(=O)O)[C@H]1C(=O)NC1CCN(CC2CCCCC2)CC1. The van der Waals surface area contributed by atoms with Crippen molar-refractivity contribution in [1.29, 1.82) is 0 Å². The van der Waals surface area contributed by atoms with E-state index < -0.39 is 24.4 Å². The Hall–Kier alpha value is -1.77. The number of halogens is 3. The molecular weight excluding hydrogens is 500 g/mol. The minimum absolute atomic E-state index is 0.0795. The topological polar surface area (TPSA) is 72.9 Å². The Morgan fingerprint density at radius 1 is 1.14 bits per heavy atom. The zero-order chi connectivity index (χ0) is 26.5. The van der Waals surface area contributed by atoms with Crippen LogP contribution < -0.4 is 5.32 Å². The molecule has 9 heteroatoms. The van der Waals surface area contributed by atoms with Gasteiger partial charge in [-0.3, -0.25) is 14.5 Å². The number of nitrogens with one attached hydrogen (secondary N) is 1. The standard InChI is InChI=1S/C28H40ClF2N3O3/c1-18-15-34(17-22-21(27(30)31)8-5-9-23(22)29)24(14-25(35)36)26(18)28(37)32-20-10-12-33(13-11-20)16-19-6-3-2-4-7-19/h5,8-9,18-20,24,26-27H,2-4,6-7,10-17H2,1H3,(H,32,37)(H,35,36)/t18-,24?,26-/m0/s1. The number of likely N-dealkylation sites (tertiary alicyclic amines) is 2. The minimum atomic E-state index is -2.69. The molecule has 206 valence electrons. The van der Waals surface area contributed by atoms with Gasteiger partial charge in [-0.1, -0.05) is 49.9 Å². The first-order chi connectivity index (χ1) is 17.7. The van der Waals surface area contributed by atoms with Crippen LogP contribution in [0, 0.1) is 17.8 Å². The lowest BCUT2D eigenvalue weighted by Gasteiger charge is -2.36. The second kappa shape index (κ2) is 12.9. The number of benzene rings is 1. The first kappa shape index (κ1) is 28.2. The van der Waals surface area contributed by atoms with Crippen molar-refractivity contribution < 1.29 is 23.5 Å². The highest BCUT2D eigenvalue weighted by molar-refractivity contribution is 6.31. The smallest absolute Gasteiger partial charge is 0.304 e. The van der Waals surface area contributed by atoms with Crippen molar-refractivity contribution in [3.8, 4) is 0 Å². The molecule has 1 aliphatic carbocycles. The number of carboxylic acids is 1. The van der Waals surface area contributed by atoms with E-state index in [4.69, 9.17) is 11.6 Å². The summed E-state index contributed by atoms with van der Waals surface area (Å²) in [4.78, 5) is 29.6. The van der Waals surface area contributed by atoms with Gasteiger partial charge in [0, 0.05) is 55.4 Å². The van der Waals surface area contributed by atoms with Crippen molar-refractivity contribution >= 4 is 23.5 Å². The summed E-state index contributed by atoms with van der Waals surface area (Å²) in [7, 11) is 0. The molecule has 0 radical (unpaired) electrons. The molecule has 1 amide bonds. The van der Waals surface area contributed by atoms with E-state index in [2.05, 4.69) is 10.2 Å². The summed E-state index contributed by atoms with van der Waals surface area (Å²) in [5.74, 6) is -0.959. The van der Waals surface area contributed by atoms with Gasteiger partial charge >= 0.3 is 5.97 Å². The number of carbonyl (C=O) groups is 2. The predicted octanol–water partition coefficient (Wildman–Crippen LogP) is 5.35. The normalized spacial score (nSPS) is 26.6. The average Bonchev–Trinajstić information content (AvgIpc) is 3.15. The maximum absolute atomic E-state index is 13.7. The van der Waals surface area contributed by atoms with Gasteiger partial charge < -0.3 is 15.3 Å². The van der Waals surface area contributed by atoms with Gasteiger partial charge in [0.1, 0.15) is 0 Å². The first-order valence-corrected chi connectivity index (χ1v) is 14.1. The van der Waals surface area contributed by atoms with Crippen molar-refractivity contribution in [3.05, 3.63) is 34.3 Å². The van der Waals surface area contributed by atoms with Crippen molar-refractivity contribution in [2.24, 2.45) is 17.8 Å². The Kier molecular flexibility index (Phi) is 9.81. The summed E-state index contributed by atoms with van der Waals surface area (Å²) in [5, 5.41) is 13.1. The molecule has 2 saturated heterocycles. The van der Waals surface area contributed by atoms with E-state index in [0.29, 0.717) is 12.1 Å². The molecule has 1 unspecified atom stereocenters. The van der Waals surface area contributed by atoms with E-state index in [0.717, 1.165) is 38.4 Å². The molecule has 3 aliphatic rings. The molecule has 37 heavy (non-hydrogen) atoms. The second-order valence-electron chi connectivity index (χ2n) is 11.3. The highest BCUT2D eigenvalue weighted by atomic mass is 35.5. The predicted molar refractivity (Wildman–Crippen MR) is 140 cm³/mol. The summed E-state index contributed by atoms with van der Waals surface area (Å²) < 4.78 is 27.3. The van der Waals surface area contributed by atoms with Crippen LogP contribution in [0.4, 0.5) is 8.78 Å². The summed E-state index contributed by atoms with van der Waals surface area (Å²) in [6, 6.07) is 3.91. The Morgan fingerprint density at radius 2 is 1.84 bits per heavy atom. The number of rotatable bonds is 9. The van der Waals surface area contributed by atoms with Gasteiger partial charge in [0.15, 0.2) is 0 Å². The molecule has 0 aromatic heterocycles. The van der Waals surface area contributed by atoms with Gasteiger partial charge in [-0.15, -0.1) is 0 Å². The van der Waals surface area contributed by atoms with E-state index >= 15 is 0 Å². The maximum Gasteiger partial charge on any atom is 0.304 e. The summed E-state index contributed by atoms with van der Waals surface area (Å²) in [6.07, 6.45) is 5.56. The lowest BCUT2D eigenvalue weighted by molar-refractivity contribution is -0.139. The van der Waals surface area contributed by atoms with Crippen molar-refractivity contribution in [1.82, 2.24) is 15.1 Å². The van der Waals surface area contributed by atoms with Crippen LogP contribution in [0.2, 0.25) is 5.02 Å². The number of piperidine rings is 1. The van der Waals surface area contributed by atoms with Crippen LogP contribution >= 0.6 is 11.6 Å². The molecule has 3 atom stereocenters. The first-order valence-electron chi connectivity index (χ1n) is 13.8. The van der Waals surface area contributed by atoms with Crippen LogP contribution in [0.1, 0.15) is 75.8 Å². The Morgan fingerprint density at radius 3 is 2.49 bits per heavy atom. The molecule has 2 heterocycles. The van der Waals surface area contributed by atoms with Crippen LogP contribution in [0.3, 0.4) is 0 Å². The lowest BCUT2D eigenvalue weighted by atomic mass is 9.87. The van der Waals surface area contributed by atoms with Gasteiger partial charge in [-0.05, 0) is 49.1 Å². The van der Waals surface area contributed by atoms with Crippen molar-refractivity contribution in [2.45, 2.75) is 83.3 Å². The highest BCUT2D eigenvalue weighted by Gasteiger charge is 2.45. The zero-order valence-electron chi connectivity index (χ0n) is 21.7. The molecule has 6 nitrogen and oxygen atoms in total. The van der Waals surface area contributed by atoms with Crippen LogP contribution in [-0.2, 0) is 16.1 Å². The fourth-order valence-corrected chi connectivity index (χ4v) is 6.96. The van der Waals surface area contributed by atoms with Gasteiger partial charge in [0.05, 0.1) is 12.3 Å². The van der Waals surface area contributed by atoms with E-state index in [1.54, 1.807) is 6.07 Å². The van der Waals surface area contributed by atoms with Crippen molar-refractivity contribution in [2.75, 3.05) is 26.2 Å². The second-order valence-corrected chi connectivity index (χ2v) is 11.7. The van der Waals surface area contributed by atoms with Crippen molar-refractivity contribution in [3.63, 3.8) is 0 Å². The number of alkyl halides is 2. The van der Waals surface area contributed by atoms with E-state index in [1.165, 1.54) is 44.2 Å². The third kappa shape index (κ3) is 7.21. The molecule has 1 saturated carbocycles. The Labute approximate surface area is 223 Å². The maximum atomic E-state index is 13.7. The van der Waals surface area contributed by atoms with Gasteiger partial charge in [0.25, 0.3) is 6.43 Å². The molecule has 0 spiro atoms. The monoisotopic (exact) mass is 539 g/mol. The molecule has 2 N–H and O–H groups in total. The van der Waals surface area contributed by atoms with Gasteiger partial charge in [0.2, 0.25) is 5.91 Å². The minimum Gasteiger partial charge on any atom is -0.481 e. The van der Waals surface area contributed by atoms with Crippen LogP contribution in [0.5, 0.6) is 0 Å². The molecule has 1 aromatic rings. The molecule has 2 aliphatic heterocycles. The van der Waals surface area contributed by atoms with Crippen LogP contribution in [0.15, 0.2) is 18.2 Å². The lowest BCUT2D eigenvalue weighted by Crippen LogP contribution is -2.49. The molecule has 4 rings (SSSR count). The van der Waals surface area contributed by atoms with Crippen LogP contribution in [-0.4, -0.2) is 65.0 Å². The summed E-state index contributed by atoms with van der Waals surface area (Å²) >= 11 is 6.28. The fraction of sp³-hybridized carbons (Fsp3) is 0.714. The quantitative estimate of drug-likeness (QED) is 0.442. The molecule has 3 fully saturated rings. The number of aliphatic carboxylic acids is 1. The fourth-order valence-electron chi connectivity index (χ4n) is 6.72. The third-order valence-electron chi connectivity index (χ3n) is 8.63. The molecular formula is C28H40ClF2N3O3. The number of amides is 1. The third-order valence-corrected chi connectivity index (χ3v) is 8.99. The summed E-state index contributed by atoms with van der Waals surface area (Å²) in [6.45, 7) is 5.56. The average molecular weight is 540 g/mol. The van der Waals surface area contributed by atoms with E-state index in [9.17, 15) is 23.5 Å². The number of hydrogen-bond acceptors (Lipinski definition) is 4. The molecule has 0 bridgehead atoms. The number of hydrogen-bond donors (Lipinski definition) is 2. The van der Waals surface area contributed by atoms with Crippen LogP contribution in [0.25, 0.3) is 0 Å². The number of carbonyl (C=O) groups excluding carboxylic acids is 1. The number of nitrogens with zero attached hydrogens (tertiary/aromatic N) is 2. The highest BCUT2D eigenvalue weighted by Crippen LogP contribution is 2.37. The number of carboxylic acid groups (broad SMARTS) is 1.